The van der Waals surface area contributed by atoms with Gasteiger partial charge in [-0.1, -0.05) is 93.5 Å². The molecular formula is C52H92O11Si. The number of ether oxygens (including phenoxy) is 8. The van der Waals surface area contributed by atoms with Gasteiger partial charge in [-0.05, 0) is 107 Å². The molecule has 0 aliphatic carbocycles. The van der Waals surface area contributed by atoms with Gasteiger partial charge in [-0.25, -0.2) is 0 Å². The minimum absolute atomic E-state index is 0.00726. The highest BCUT2D eigenvalue weighted by Crippen LogP contribution is 2.44. The molecule has 0 bridgehead atoms. The van der Waals surface area contributed by atoms with E-state index < -0.39 is 37.9 Å². The third kappa shape index (κ3) is 16.1. The van der Waals surface area contributed by atoms with E-state index in [1.165, 1.54) is 0 Å². The summed E-state index contributed by atoms with van der Waals surface area (Å²) < 4.78 is 57.4. The first-order valence-electron chi connectivity index (χ1n) is 24.7. The Kier molecular flexibility index (Phi) is 20.5. The Morgan fingerprint density at radius 1 is 0.703 bits per heavy atom. The Bertz CT molecular complexity index is 1520. The van der Waals surface area contributed by atoms with Crippen LogP contribution in [0.1, 0.15) is 161 Å². The molecule has 0 spiro atoms. The maximum atomic E-state index is 11.4. The van der Waals surface area contributed by atoms with E-state index >= 15 is 0 Å². The summed E-state index contributed by atoms with van der Waals surface area (Å²) in [6.45, 7) is 35.7. The van der Waals surface area contributed by atoms with Gasteiger partial charge in [-0.2, -0.15) is 0 Å². The fourth-order valence-electron chi connectivity index (χ4n) is 11.2. The van der Waals surface area contributed by atoms with Gasteiger partial charge in [0.15, 0.2) is 25.7 Å². The predicted molar refractivity (Wildman–Crippen MR) is 257 cm³/mol. The van der Waals surface area contributed by atoms with Crippen LogP contribution in [-0.2, 0) is 44.2 Å². The Morgan fingerprint density at radius 3 is 1.77 bits per heavy atom. The normalized spacial score (nSPS) is 29.4. The molecule has 1 aromatic carbocycles. The molecule has 11 atom stereocenters. The van der Waals surface area contributed by atoms with Crippen molar-refractivity contribution in [2.75, 3.05) is 13.7 Å². The van der Waals surface area contributed by atoms with Crippen LogP contribution in [0.25, 0.3) is 0 Å². The van der Waals surface area contributed by atoms with Crippen molar-refractivity contribution in [1.82, 2.24) is 0 Å². The minimum Gasteiger partial charge on any atom is -0.497 e. The zero-order chi connectivity index (χ0) is 47.8. The van der Waals surface area contributed by atoms with Crippen LogP contribution in [-0.4, -0.2) is 105 Å². The van der Waals surface area contributed by atoms with E-state index in [0.29, 0.717) is 67.9 Å². The van der Waals surface area contributed by atoms with Crippen LogP contribution in [0.4, 0.5) is 0 Å². The van der Waals surface area contributed by atoms with Crippen LogP contribution >= 0.6 is 0 Å². The van der Waals surface area contributed by atoms with Crippen LogP contribution < -0.4 is 4.74 Å². The van der Waals surface area contributed by atoms with E-state index in [9.17, 15) is 10.2 Å². The SMILES string of the molecule is COc1ccc(CO[C@@H](C(C)C)[C@@H](C)/C=C/[C@H]2C[C@@H](C[C@@H](O)C[C@H](O)C[C@@H]3C[C@H](C[C@H]4OC(C)(C)O[C@@H](CCO[Si](C(C)C)(C(C)C)C(C)C)[C@@H]4C)OC(C)(C)O3)OC(C)(C)O2)cc1. The monoisotopic (exact) mass is 921 g/mol. The Hall–Kier alpha value is -1.42. The third-order valence-corrected chi connectivity index (χ3v) is 19.9. The summed E-state index contributed by atoms with van der Waals surface area (Å²) in [5.74, 6) is -0.965. The molecule has 2 N–H and O–H groups in total. The fraction of sp³-hybridized carbons (Fsp3) is 0.846. The number of benzene rings is 1. The van der Waals surface area contributed by atoms with Gasteiger partial charge in [-0.3, -0.25) is 0 Å². The standard InChI is InChI=1S/C52H92O11Si/c1-33(2)49(56-32-39-19-22-42(55-17)23-20-39)37(9)18-21-43-29-44(59-50(11,12)58-43)27-40(53)26-41(54)28-45-30-46(61-51(13,14)60-45)31-48-38(10)47(62-52(15,16)63-48)24-25-57-64(34(3)4,35(5)6)36(7)8/h18-23,33-38,40-41,43-49,53-54H,24-32H2,1-17H3/b21-18+/t37-,38-,40-,41-,43-,44+,45+,46+,47-,48+,49-/m0/s1. The Morgan fingerprint density at radius 2 is 1.22 bits per heavy atom. The number of hydrogen-bond acceptors (Lipinski definition) is 11. The first-order valence-corrected chi connectivity index (χ1v) is 26.9. The van der Waals surface area contributed by atoms with Crippen molar-refractivity contribution in [3.8, 4) is 5.75 Å². The van der Waals surface area contributed by atoms with Crippen LogP contribution in [0.2, 0.25) is 16.6 Å². The molecule has 12 heteroatoms. The lowest BCUT2D eigenvalue weighted by atomic mass is 9.88. The summed E-state index contributed by atoms with van der Waals surface area (Å²) in [6.07, 6.45) is 5.66. The summed E-state index contributed by atoms with van der Waals surface area (Å²) in [5, 5.41) is 22.7. The largest absolute Gasteiger partial charge is 0.497 e. The maximum Gasteiger partial charge on any atom is 0.200 e. The van der Waals surface area contributed by atoms with E-state index in [4.69, 9.17) is 42.3 Å². The molecule has 11 nitrogen and oxygen atoms in total. The molecule has 0 aromatic heterocycles. The number of methoxy groups -OCH3 is 1. The van der Waals surface area contributed by atoms with Gasteiger partial charge in [0.1, 0.15) is 5.75 Å². The van der Waals surface area contributed by atoms with Crippen molar-refractivity contribution in [3.63, 3.8) is 0 Å². The molecule has 0 saturated carbocycles. The average molecular weight is 921 g/mol. The van der Waals surface area contributed by atoms with E-state index in [0.717, 1.165) is 17.7 Å². The van der Waals surface area contributed by atoms with Crippen molar-refractivity contribution in [2.45, 2.75) is 251 Å². The van der Waals surface area contributed by atoms with Gasteiger partial charge in [0.2, 0.25) is 0 Å². The van der Waals surface area contributed by atoms with Gasteiger partial charge in [0.05, 0.1) is 68.7 Å². The van der Waals surface area contributed by atoms with Crippen LogP contribution in [0, 0.1) is 17.8 Å². The van der Waals surface area contributed by atoms with E-state index in [-0.39, 0.29) is 61.0 Å². The van der Waals surface area contributed by atoms with Crippen molar-refractivity contribution in [2.24, 2.45) is 17.8 Å². The molecule has 3 aliphatic rings. The zero-order valence-electron chi connectivity index (χ0n) is 43.1. The first kappa shape index (κ1) is 55.2. The molecule has 64 heavy (non-hydrogen) atoms. The molecule has 370 valence electrons. The Labute approximate surface area is 390 Å². The highest BCUT2D eigenvalue weighted by molar-refractivity contribution is 6.77. The third-order valence-electron chi connectivity index (χ3n) is 13.8. The molecule has 3 heterocycles. The van der Waals surface area contributed by atoms with E-state index in [1.807, 2.05) is 65.8 Å². The van der Waals surface area contributed by atoms with Crippen LogP contribution in [0.5, 0.6) is 5.75 Å². The summed E-state index contributed by atoms with van der Waals surface area (Å²) in [7, 11) is -0.323. The molecule has 4 rings (SSSR count). The molecule has 3 saturated heterocycles. The van der Waals surface area contributed by atoms with Crippen LogP contribution in [0.3, 0.4) is 0 Å². The molecule has 1 aromatic rings. The quantitative estimate of drug-likeness (QED) is 0.0805. The summed E-state index contributed by atoms with van der Waals surface area (Å²) in [5.41, 5.74) is 2.68. The highest BCUT2D eigenvalue weighted by Gasteiger charge is 2.47. The van der Waals surface area contributed by atoms with Gasteiger partial charge in [0.25, 0.3) is 0 Å². The summed E-state index contributed by atoms with van der Waals surface area (Å²) in [4.78, 5) is 0. The second-order valence-corrected chi connectivity index (χ2v) is 27.5. The lowest BCUT2D eigenvalue weighted by Gasteiger charge is -2.48. The Balaban J connectivity index is 1.29. The van der Waals surface area contributed by atoms with Crippen molar-refractivity contribution in [1.29, 1.82) is 0 Å². The van der Waals surface area contributed by atoms with Gasteiger partial charge >= 0.3 is 0 Å². The number of hydrogen-bond donors (Lipinski definition) is 2. The molecule has 3 fully saturated rings. The molecule has 0 radical (unpaired) electrons. The van der Waals surface area contributed by atoms with Crippen molar-refractivity contribution < 1.29 is 52.5 Å². The van der Waals surface area contributed by atoms with Gasteiger partial charge in [-0.15, -0.1) is 0 Å². The predicted octanol–water partition coefficient (Wildman–Crippen LogP) is 11.3. The van der Waals surface area contributed by atoms with E-state index in [2.05, 4.69) is 81.4 Å². The van der Waals surface area contributed by atoms with Crippen molar-refractivity contribution >= 4 is 8.32 Å². The smallest absolute Gasteiger partial charge is 0.200 e. The van der Waals surface area contributed by atoms with Crippen molar-refractivity contribution in [3.05, 3.63) is 42.0 Å². The number of aliphatic hydroxyl groups is 2. The number of aliphatic hydroxyl groups excluding tert-OH is 2. The number of rotatable bonds is 23. The summed E-state index contributed by atoms with van der Waals surface area (Å²) >= 11 is 0. The first-order chi connectivity index (χ1) is 29.7. The molecule has 3 aliphatic heterocycles. The van der Waals surface area contributed by atoms with Crippen LogP contribution in [0.15, 0.2) is 36.4 Å². The molecule has 0 amide bonds. The topological polar surface area (TPSA) is 124 Å². The lowest BCUT2D eigenvalue weighted by molar-refractivity contribution is -0.338. The molecule has 0 unspecified atom stereocenters. The lowest BCUT2D eigenvalue weighted by Crippen LogP contribution is -2.53. The maximum absolute atomic E-state index is 11.4. The highest BCUT2D eigenvalue weighted by atomic mass is 28.4. The second-order valence-electron chi connectivity index (χ2n) is 22.0. The van der Waals surface area contributed by atoms with Gasteiger partial charge in [0, 0.05) is 37.7 Å². The van der Waals surface area contributed by atoms with E-state index in [1.54, 1.807) is 7.11 Å². The van der Waals surface area contributed by atoms with Gasteiger partial charge < -0.3 is 52.5 Å². The zero-order valence-corrected chi connectivity index (χ0v) is 44.1. The fourth-order valence-corrected chi connectivity index (χ4v) is 16.7. The molecular weight excluding hydrogens is 829 g/mol. The summed E-state index contributed by atoms with van der Waals surface area (Å²) in [6, 6.07) is 7.98. The average Bonchev–Trinajstić information content (AvgIpc) is 3.15. The minimum atomic E-state index is -1.99. The second kappa shape index (κ2) is 23.7.